The minimum Gasteiger partial charge on any atom is -0.387 e. The molecule has 0 spiro atoms. The second-order valence-corrected chi connectivity index (χ2v) is 5.96. The van der Waals surface area contributed by atoms with Gasteiger partial charge >= 0.3 is 6.18 Å². The van der Waals surface area contributed by atoms with E-state index in [0.29, 0.717) is 11.1 Å². The summed E-state index contributed by atoms with van der Waals surface area (Å²) in [4.78, 5) is 1.71. The smallest absolute Gasteiger partial charge is 0.387 e. The SMILES string of the molecule is Cc1cc(F)ccc1C(O)CN(CCC(F)(F)F)C1CCC1. The summed E-state index contributed by atoms with van der Waals surface area (Å²) in [6.07, 6.45) is -3.23. The van der Waals surface area contributed by atoms with Crippen molar-refractivity contribution in [1.29, 1.82) is 0 Å². The molecule has 1 aromatic rings. The van der Waals surface area contributed by atoms with Crippen LogP contribution in [-0.2, 0) is 0 Å². The predicted octanol–water partition coefficient (Wildman–Crippen LogP) is 3.97. The predicted molar refractivity (Wildman–Crippen MR) is 76.0 cm³/mol. The molecule has 6 heteroatoms. The van der Waals surface area contributed by atoms with E-state index in [9.17, 15) is 22.7 Å². The first-order valence-electron chi connectivity index (χ1n) is 7.51. The summed E-state index contributed by atoms with van der Waals surface area (Å²) in [5.74, 6) is -0.388. The van der Waals surface area contributed by atoms with Crippen LogP contribution in [0.3, 0.4) is 0 Å². The highest BCUT2D eigenvalue weighted by atomic mass is 19.4. The van der Waals surface area contributed by atoms with Gasteiger partial charge in [0.2, 0.25) is 0 Å². The van der Waals surface area contributed by atoms with Crippen LogP contribution >= 0.6 is 0 Å². The van der Waals surface area contributed by atoms with Crippen LogP contribution in [0.15, 0.2) is 18.2 Å². The molecule has 1 saturated carbocycles. The quantitative estimate of drug-likeness (QED) is 0.802. The number of aliphatic hydroxyl groups excluding tert-OH is 1. The van der Waals surface area contributed by atoms with Crippen LogP contribution in [0.25, 0.3) is 0 Å². The third kappa shape index (κ3) is 4.68. The molecule has 1 aliphatic rings. The van der Waals surface area contributed by atoms with Crippen LogP contribution in [0.2, 0.25) is 0 Å². The van der Waals surface area contributed by atoms with Crippen molar-refractivity contribution >= 4 is 0 Å². The summed E-state index contributed by atoms with van der Waals surface area (Å²) in [7, 11) is 0. The van der Waals surface area contributed by atoms with Gasteiger partial charge in [-0.15, -0.1) is 0 Å². The van der Waals surface area contributed by atoms with Gasteiger partial charge in [0.15, 0.2) is 0 Å². The monoisotopic (exact) mass is 319 g/mol. The molecule has 0 radical (unpaired) electrons. The number of rotatable bonds is 6. The van der Waals surface area contributed by atoms with Gasteiger partial charge in [0, 0.05) is 19.1 Å². The number of alkyl halides is 3. The Balaban J connectivity index is 2.02. The molecule has 2 rings (SSSR count). The molecular formula is C16H21F4NO. The van der Waals surface area contributed by atoms with Gasteiger partial charge in [-0.2, -0.15) is 13.2 Å². The Kier molecular flexibility index (Phi) is 5.45. The normalized spacial score (nSPS) is 17.6. The van der Waals surface area contributed by atoms with Crippen LogP contribution < -0.4 is 0 Å². The first-order chi connectivity index (χ1) is 10.3. The van der Waals surface area contributed by atoms with E-state index in [-0.39, 0.29) is 24.9 Å². The first kappa shape index (κ1) is 17.2. The zero-order chi connectivity index (χ0) is 16.3. The van der Waals surface area contributed by atoms with Crippen molar-refractivity contribution in [2.75, 3.05) is 13.1 Å². The zero-order valence-electron chi connectivity index (χ0n) is 12.5. The number of nitrogens with zero attached hydrogens (tertiary/aromatic N) is 1. The molecule has 1 unspecified atom stereocenters. The third-order valence-corrected chi connectivity index (χ3v) is 4.27. The van der Waals surface area contributed by atoms with E-state index < -0.39 is 18.7 Å². The molecule has 22 heavy (non-hydrogen) atoms. The van der Waals surface area contributed by atoms with Gasteiger partial charge < -0.3 is 5.11 Å². The summed E-state index contributed by atoms with van der Waals surface area (Å²) >= 11 is 0. The first-order valence-corrected chi connectivity index (χ1v) is 7.51. The highest BCUT2D eigenvalue weighted by Crippen LogP contribution is 2.30. The average Bonchev–Trinajstić information content (AvgIpc) is 2.32. The van der Waals surface area contributed by atoms with Crippen molar-refractivity contribution in [3.8, 4) is 0 Å². The molecule has 0 bridgehead atoms. The van der Waals surface area contributed by atoms with Crippen molar-refractivity contribution in [2.24, 2.45) is 0 Å². The molecule has 124 valence electrons. The molecule has 1 aliphatic carbocycles. The van der Waals surface area contributed by atoms with Crippen LogP contribution in [0.4, 0.5) is 17.6 Å². The maximum Gasteiger partial charge on any atom is 0.390 e. The number of halogens is 4. The minimum atomic E-state index is -4.20. The number of hydrogen-bond donors (Lipinski definition) is 1. The number of benzene rings is 1. The van der Waals surface area contributed by atoms with E-state index in [1.807, 2.05) is 0 Å². The van der Waals surface area contributed by atoms with Gasteiger partial charge in [-0.25, -0.2) is 4.39 Å². The molecule has 0 heterocycles. The van der Waals surface area contributed by atoms with E-state index in [4.69, 9.17) is 0 Å². The lowest BCUT2D eigenvalue weighted by atomic mass is 9.90. The number of hydrogen-bond acceptors (Lipinski definition) is 2. The van der Waals surface area contributed by atoms with Crippen LogP contribution in [0, 0.1) is 12.7 Å². The second kappa shape index (κ2) is 6.96. The van der Waals surface area contributed by atoms with Crippen molar-refractivity contribution in [3.05, 3.63) is 35.1 Å². The fourth-order valence-corrected chi connectivity index (χ4v) is 2.78. The van der Waals surface area contributed by atoms with Crippen molar-refractivity contribution in [3.63, 3.8) is 0 Å². The molecule has 1 fully saturated rings. The standard InChI is InChI=1S/C16H21F4NO/c1-11-9-12(17)5-6-14(11)15(22)10-21(13-3-2-4-13)8-7-16(18,19)20/h5-6,9,13,15,22H,2-4,7-8,10H2,1H3. The summed E-state index contributed by atoms with van der Waals surface area (Å²) in [5.41, 5.74) is 1.18. The molecule has 1 aromatic carbocycles. The van der Waals surface area contributed by atoms with E-state index in [1.54, 1.807) is 11.8 Å². The van der Waals surface area contributed by atoms with Gasteiger partial charge in [-0.05, 0) is 43.0 Å². The van der Waals surface area contributed by atoms with Crippen molar-refractivity contribution < 1.29 is 22.7 Å². The lowest BCUT2D eigenvalue weighted by Gasteiger charge is -2.39. The van der Waals surface area contributed by atoms with Gasteiger partial charge in [0.05, 0.1) is 12.5 Å². The Morgan fingerprint density at radius 2 is 2.00 bits per heavy atom. The topological polar surface area (TPSA) is 23.5 Å². The van der Waals surface area contributed by atoms with Crippen molar-refractivity contribution in [1.82, 2.24) is 4.90 Å². The maximum atomic E-state index is 13.1. The number of aliphatic hydroxyl groups is 1. The molecule has 0 saturated heterocycles. The van der Waals surface area contributed by atoms with Gasteiger partial charge in [-0.3, -0.25) is 4.90 Å². The summed E-state index contributed by atoms with van der Waals surface area (Å²) < 4.78 is 50.4. The Morgan fingerprint density at radius 1 is 1.32 bits per heavy atom. The Bertz CT molecular complexity index is 499. The van der Waals surface area contributed by atoms with Crippen LogP contribution in [-0.4, -0.2) is 35.3 Å². The molecule has 2 nitrogen and oxygen atoms in total. The van der Waals surface area contributed by atoms with E-state index in [0.717, 1.165) is 19.3 Å². The minimum absolute atomic E-state index is 0.106. The Labute approximate surface area is 127 Å². The van der Waals surface area contributed by atoms with Gasteiger partial charge in [0.25, 0.3) is 0 Å². The van der Waals surface area contributed by atoms with Crippen LogP contribution in [0.1, 0.15) is 42.9 Å². The average molecular weight is 319 g/mol. The Hall–Kier alpha value is -1.14. The molecule has 1 N–H and O–H groups in total. The lowest BCUT2D eigenvalue weighted by molar-refractivity contribution is -0.141. The highest BCUT2D eigenvalue weighted by molar-refractivity contribution is 5.28. The Morgan fingerprint density at radius 3 is 2.50 bits per heavy atom. The summed E-state index contributed by atoms with van der Waals surface area (Å²) in [5, 5.41) is 10.3. The largest absolute Gasteiger partial charge is 0.390 e. The molecular weight excluding hydrogens is 298 g/mol. The zero-order valence-corrected chi connectivity index (χ0v) is 12.5. The summed E-state index contributed by atoms with van der Waals surface area (Å²) in [6.45, 7) is 1.73. The van der Waals surface area contributed by atoms with Crippen LogP contribution in [0.5, 0.6) is 0 Å². The maximum absolute atomic E-state index is 13.1. The fourth-order valence-electron chi connectivity index (χ4n) is 2.78. The second-order valence-electron chi connectivity index (χ2n) is 5.96. The molecule has 0 amide bonds. The molecule has 0 aromatic heterocycles. The van der Waals surface area contributed by atoms with E-state index in [1.165, 1.54) is 18.2 Å². The molecule has 0 aliphatic heterocycles. The number of aryl methyl sites for hydroxylation is 1. The van der Waals surface area contributed by atoms with E-state index >= 15 is 0 Å². The molecule has 1 atom stereocenters. The fraction of sp³-hybridized carbons (Fsp3) is 0.625. The van der Waals surface area contributed by atoms with Gasteiger partial charge in [0.1, 0.15) is 5.82 Å². The van der Waals surface area contributed by atoms with Gasteiger partial charge in [-0.1, -0.05) is 12.5 Å². The van der Waals surface area contributed by atoms with Crippen molar-refractivity contribution in [2.45, 2.75) is 50.9 Å². The van der Waals surface area contributed by atoms with E-state index in [2.05, 4.69) is 0 Å². The highest BCUT2D eigenvalue weighted by Gasteiger charge is 2.32. The third-order valence-electron chi connectivity index (χ3n) is 4.27. The summed E-state index contributed by atoms with van der Waals surface area (Å²) in [6, 6.07) is 4.19. The lowest BCUT2D eigenvalue weighted by Crippen LogP contribution is -2.44.